The van der Waals surface area contributed by atoms with Crippen LogP contribution < -0.4 is 18.9 Å². The Morgan fingerprint density at radius 1 is 1.00 bits per heavy atom. The monoisotopic (exact) mass is 478 g/mol. The lowest BCUT2D eigenvalue weighted by atomic mass is 9.95. The van der Waals surface area contributed by atoms with Crippen LogP contribution in [-0.2, 0) is 4.74 Å². The molecule has 11 nitrogen and oxygen atoms in total. The van der Waals surface area contributed by atoms with E-state index in [9.17, 15) is 30.3 Å². The van der Waals surface area contributed by atoms with E-state index >= 15 is 0 Å². The topological polar surface area (TPSA) is 164 Å². The van der Waals surface area contributed by atoms with Crippen LogP contribution in [0.1, 0.15) is 28.4 Å². The molecule has 6 atom stereocenters. The highest BCUT2D eigenvalue weighted by Gasteiger charge is 2.45. The van der Waals surface area contributed by atoms with Crippen molar-refractivity contribution in [3.05, 3.63) is 41.5 Å². The van der Waals surface area contributed by atoms with Gasteiger partial charge in [0.05, 0.1) is 27.2 Å². The first-order valence-corrected chi connectivity index (χ1v) is 10.5. The summed E-state index contributed by atoms with van der Waals surface area (Å²) in [5.41, 5.74) is 0.818. The highest BCUT2D eigenvalue weighted by molar-refractivity contribution is 6.02. The summed E-state index contributed by atoms with van der Waals surface area (Å²) in [6.45, 7) is -0.603. The number of carbonyl (C=O) groups is 1. The molecule has 1 fully saturated rings. The minimum Gasteiger partial charge on any atom is -0.504 e. The van der Waals surface area contributed by atoms with Crippen LogP contribution in [0.4, 0.5) is 0 Å². The zero-order valence-corrected chi connectivity index (χ0v) is 18.5. The molecule has 2 aromatic carbocycles. The van der Waals surface area contributed by atoms with E-state index in [1.165, 1.54) is 32.4 Å². The van der Waals surface area contributed by atoms with Gasteiger partial charge in [-0.2, -0.15) is 0 Å². The summed E-state index contributed by atoms with van der Waals surface area (Å²) in [6.07, 6.45) is -7.97. The summed E-state index contributed by atoms with van der Waals surface area (Å²) in [4.78, 5) is 12.9. The molecular formula is C23H26O11. The molecule has 2 aromatic rings. The number of carbonyl (C=O) groups excluding carboxylic acids is 1. The van der Waals surface area contributed by atoms with Crippen LogP contribution in [0.25, 0.3) is 0 Å². The van der Waals surface area contributed by atoms with E-state index in [0.717, 1.165) is 0 Å². The van der Waals surface area contributed by atoms with Crippen LogP contribution >= 0.6 is 0 Å². The number of Topliss-reactive ketones (excluding diaryl/α,β-unsaturated/α-hetero) is 1. The molecule has 0 aromatic heterocycles. The van der Waals surface area contributed by atoms with Crippen molar-refractivity contribution in [3.8, 4) is 28.7 Å². The third-order valence-corrected chi connectivity index (χ3v) is 5.85. The number of hydrogen-bond acceptors (Lipinski definition) is 11. The van der Waals surface area contributed by atoms with Crippen LogP contribution in [0.3, 0.4) is 0 Å². The minimum absolute atomic E-state index is 0.0181. The summed E-state index contributed by atoms with van der Waals surface area (Å²) < 4.78 is 27.6. The lowest BCUT2D eigenvalue weighted by molar-refractivity contribution is -0.277. The molecular weight excluding hydrogens is 452 g/mol. The van der Waals surface area contributed by atoms with Gasteiger partial charge in [-0.15, -0.1) is 0 Å². The van der Waals surface area contributed by atoms with E-state index in [1.807, 2.05) is 0 Å². The van der Waals surface area contributed by atoms with Gasteiger partial charge >= 0.3 is 0 Å². The van der Waals surface area contributed by atoms with E-state index in [-0.39, 0.29) is 46.5 Å². The Bertz CT molecular complexity index is 1050. The molecule has 0 radical (unpaired) electrons. The minimum atomic E-state index is -1.61. The van der Waals surface area contributed by atoms with Gasteiger partial charge in [0.2, 0.25) is 6.29 Å². The van der Waals surface area contributed by atoms with Gasteiger partial charge < -0.3 is 49.2 Å². The first kappa shape index (κ1) is 24.0. The Balaban J connectivity index is 1.64. The zero-order valence-electron chi connectivity index (χ0n) is 18.5. The predicted octanol–water partition coefficient (Wildman–Crippen LogP) is 0.295. The number of phenolic OH excluding ortho intramolecular Hbond substituents is 1. The van der Waals surface area contributed by atoms with Crippen molar-refractivity contribution in [2.75, 3.05) is 20.8 Å². The Labute approximate surface area is 194 Å². The van der Waals surface area contributed by atoms with Crippen LogP contribution in [0, 0.1) is 0 Å². The molecule has 2 aliphatic rings. The lowest BCUT2D eigenvalue weighted by Crippen LogP contribution is -2.60. The SMILES string of the molecule is COc1cc(C2CC(=O)c3c(OC)cc(O[C@@H]4O[C@H](CO)[C@@H](O)[C@H](O)[C@H]4O)cc3O2)ccc1O. The van der Waals surface area contributed by atoms with E-state index in [4.69, 9.17) is 23.7 Å². The molecule has 11 heteroatoms. The summed E-state index contributed by atoms with van der Waals surface area (Å²) in [5, 5.41) is 49.4. The Kier molecular flexibility index (Phi) is 6.82. The average Bonchev–Trinajstić information content (AvgIpc) is 2.83. The first-order chi connectivity index (χ1) is 16.3. The average molecular weight is 478 g/mol. The Hall–Kier alpha value is -3.09. The van der Waals surface area contributed by atoms with Crippen LogP contribution in [-0.4, -0.2) is 82.8 Å². The number of rotatable bonds is 6. The number of aliphatic hydroxyl groups is 4. The van der Waals surface area contributed by atoms with E-state index in [1.54, 1.807) is 12.1 Å². The number of aromatic hydroxyl groups is 1. The van der Waals surface area contributed by atoms with Crippen molar-refractivity contribution < 1.29 is 54.0 Å². The van der Waals surface area contributed by atoms with E-state index in [0.29, 0.717) is 5.56 Å². The third kappa shape index (κ3) is 4.36. The smallest absolute Gasteiger partial charge is 0.229 e. The van der Waals surface area contributed by atoms with Crippen LogP contribution in [0.15, 0.2) is 30.3 Å². The van der Waals surface area contributed by atoms with Gasteiger partial charge in [0.1, 0.15) is 53.3 Å². The maximum absolute atomic E-state index is 12.9. The second-order valence-electron chi connectivity index (χ2n) is 7.98. The maximum atomic E-state index is 12.9. The van der Waals surface area contributed by atoms with Gasteiger partial charge in [-0.1, -0.05) is 6.07 Å². The molecule has 0 bridgehead atoms. The second-order valence-corrected chi connectivity index (χ2v) is 7.98. The lowest BCUT2D eigenvalue weighted by Gasteiger charge is -2.39. The molecule has 0 saturated carbocycles. The Morgan fingerprint density at radius 2 is 1.74 bits per heavy atom. The molecule has 184 valence electrons. The van der Waals surface area contributed by atoms with Gasteiger partial charge in [-0.05, 0) is 17.7 Å². The van der Waals surface area contributed by atoms with E-state index in [2.05, 4.69) is 0 Å². The maximum Gasteiger partial charge on any atom is 0.229 e. The number of benzene rings is 2. The predicted molar refractivity (Wildman–Crippen MR) is 114 cm³/mol. The first-order valence-electron chi connectivity index (χ1n) is 10.5. The highest BCUT2D eigenvalue weighted by atomic mass is 16.7. The molecule has 2 heterocycles. The number of hydrogen-bond donors (Lipinski definition) is 5. The standard InChI is InChI=1S/C23H26O11/c1-30-15-5-10(3-4-12(15)25)14-8-13(26)19-16(31-2)6-11(7-17(19)33-14)32-23-22(29)21(28)20(27)18(9-24)34-23/h3-7,14,18,20-25,27-29H,8-9H2,1-2H3/t14?,18-,20-,21+,22-,23-/m1/s1. The van der Waals surface area contributed by atoms with Gasteiger partial charge in [0.15, 0.2) is 17.3 Å². The number of aliphatic hydroxyl groups excluding tert-OH is 4. The Morgan fingerprint density at radius 3 is 2.41 bits per heavy atom. The molecule has 5 N–H and O–H groups in total. The number of ether oxygens (including phenoxy) is 5. The zero-order chi connectivity index (χ0) is 24.6. The molecule has 2 aliphatic heterocycles. The van der Waals surface area contributed by atoms with Gasteiger partial charge in [-0.3, -0.25) is 4.79 Å². The molecule has 1 unspecified atom stereocenters. The fourth-order valence-corrected chi connectivity index (χ4v) is 4.01. The van der Waals surface area contributed by atoms with Crippen LogP contribution in [0.5, 0.6) is 28.7 Å². The largest absolute Gasteiger partial charge is 0.504 e. The summed E-state index contributed by atoms with van der Waals surface area (Å²) in [6, 6.07) is 7.46. The molecule has 0 aliphatic carbocycles. The van der Waals surface area contributed by atoms with Gasteiger partial charge in [0.25, 0.3) is 0 Å². The van der Waals surface area contributed by atoms with Crippen molar-refractivity contribution >= 4 is 5.78 Å². The quantitative estimate of drug-likeness (QED) is 0.388. The molecule has 4 rings (SSSR count). The third-order valence-electron chi connectivity index (χ3n) is 5.85. The van der Waals surface area contributed by atoms with Crippen LogP contribution in [0.2, 0.25) is 0 Å². The van der Waals surface area contributed by atoms with E-state index < -0.39 is 43.4 Å². The van der Waals surface area contributed by atoms with Crippen molar-refractivity contribution in [3.63, 3.8) is 0 Å². The fourth-order valence-electron chi connectivity index (χ4n) is 4.01. The van der Waals surface area contributed by atoms with Crippen molar-refractivity contribution in [1.82, 2.24) is 0 Å². The number of ketones is 1. The number of phenols is 1. The molecule has 0 amide bonds. The van der Waals surface area contributed by atoms with Gasteiger partial charge in [-0.25, -0.2) is 0 Å². The summed E-state index contributed by atoms with van der Waals surface area (Å²) in [5.74, 6) is 0.365. The summed E-state index contributed by atoms with van der Waals surface area (Å²) >= 11 is 0. The van der Waals surface area contributed by atoms with Crippen molar-refractivity contribution in [2.45, 2.75) is 43.2 Å². The highest BCUT2D eigenvalue weighted by Crippen LogP contribution is 2.43. The summed E-state index contributed by atoms with van der Waals surface area (Å²) in [7, 11) is 2.78. The number of methoxy groups -OCH3 is 2. The second kappa shape index (κ2) is 9.65. The number of fused-ring (bicyclic) bond motifs is 1. The van der Waals surface area contributed by atoms with Crippen molar-refractivity contribution in [1.29, 1.82) is 0 Å². The normalized spacial score (nSPS) is 28.6. The molecule has 0 spiro atoms. The van der Waals surface area contributed by atoms with Gasteiger partial charge in [0, 0.05) is 12.1 Å². The molecule has 1 saturated heterocycles. The molecule has 34 heavy (non-hydrogen) atoms. The fraction of sp³-hybridized carbons (Fsp3) is 0.435. The van der Waals surface area contributed by atoms with Crippen molar-refractivity contribution in [2.24, 2.45) is 0 Å².